The molecule has 1 saturated heterocycles. The van der Waals surface area contributed by atoms with Crippen LogP contribution in [0.3, 0.4) is 0 Å². The molecule has 0 N–H and O–H groups in total. The van der Waals surface area contributed by atoms with E-state index in [4.69, 9.17) is 0 Å². The lowest BCUT2D eigenvalue weighted by Gasteiger charge is -2.15. The lowest BCUT2D eigenvalue weighted by Crippen LogP contribution is -2.27. The van der Waals surface area contributed by atoms with Crippen LogP contribution in [0.4, 0.5) is 0 Å². The summed E-state index contributed by atoms with van der Waals surface area (Å²) in [6.45, 7) is 1.30. The number of benzene rings is 2. The Morgan fingerprint density at radius 3 is 2.28 bits per heavy atom. The van der Waals surface area contributed by atoms with Gasteiger partial charge in [0.05, 0.1) is 4.90 Å². The molecule has 0 bridgehead atoms. The predicted octanol–water partition coefficient (Wildman–Crippen LogP) is 2.62. The maximum absolute atomic E-state index is 12.4. The zero-order valence-electron chi connectivity index (χ0n) is 10.0. The molecule has 0 spiro atoms. The fraction of sp³-hybridized carbons (Fsp3) is 0.286. The minimum atomic E-state index is -3.30. The first-order chi connectivity index (χ1) is 8.68. The van der Waals surface area contributed by atoms with Crippen molar-refractivity contribution in [3.05, 3.63) is 42.5 Å². The molecule has 4 heteroatoms. The Bertz CT molecular complexity index is 673. The molecule has 1 aliphatic rings. The third-order valence-electron chi connectivity index (χ3n) is 3.42. The maximum Gasteiger partial charge on any atom is 0.243 e. The molecule has 18 heavy (non-hydrogen) atoms. The second-order valence-electron chi connectivity index (χ2n) is 4.62. The van der Waals surface area contributed by atoms with Crippen LogP contribution in [-0.2, 0) is 10.0 Å². The van der Waals surface area contributed by atoms with Gasteiger partial charge in [-0.2, -0.15) is 4.31 Å². The highest BCUT2D eigenvalue weighted by molar-refractivity contribution is 7.89. The van der Waals surface area contributed by atoms with Crippen LogP contribution < -0.4 is 0 Å². The number of rotatable bonds is 2. The molecular formula is C14H15NO2S. The number of sulfonamides is 1. The van der Waals surface area contributed by atoms with Gasteiger partial charge >= 0.3 is 0 Å². The topological polar surface area (TPSA) is 37.4 Å². The first-order valence-corrected chi connectivity index (χ1v) is 7.61. The molecule has 94 valence electrons. The quantitative estimate of drug-likeness (QED) is 0.833. The molecule has 0 aliphatic carbocycles. The summed E-state index contributed by atoms with van der Waals surface area (Å²) in [5.74, 6) is 0. The summed E-state index contributed by atoms with van der Waals surface area (Å²) in [7, 11) is -3.30. The van der Waals surface area contributed by atoms with Gasteiger partial charge in [0.25, 0.3) is 0 Å². The van der Waals surface area contributed by atoms with Crippen molar-refractivity contribution >= 4 is 20.8 Å². The fourth-order valence-electron chi connectivity index (χ4n) is 2.41. The summed E-state index contributed by atoms with van der Waals surface area (Å²) in [5, 5.41) is 2.04. The molecule has 2 aromatic carbocycles. The summed E-state index contributed by atoms with van der Waals surface area (Å²) in [5.41, 5.74) is 0. The minimum Gasteiger partial charge on any atom is -0.207 e. The third kappa shape index (κ3) is 1.91. The van der Waals surface area contributed by atoms with Crippen molar-refractivity contribution in [2.75, 3.05) is 13.1 Å². The molecule has 0 aromatic heterocycles. The van der Waals surface area contributed by atoms with E-state index < -0.39 is 10.0 Å². The van der Waals surface area contributed by atoms with Crippen molar-refractivity contribution in [2.45, 2.75) is 17.7 Å². The van der Waals surface area contributed by atoms with E-state index in [0.717, 1.165) is 23.6 Å². The summed E-state index contributed by atoms with van der Waals surface area (Å²) in [6.07, 6.45) is 1.93. The van der Waals surface area contributed by atoms with Gasteiger partial charge in [0.1, 0.15) is 0 Å². The number of nitrogens with zero attached hydrogens (tertiary/aromatic N) is 1. The fourth-order valence-corrected chi connectivity index (χ4v) is 3.96. The summed E-state index contributed by atoms with van der Waals surface area (Å²) in [6, 6.07) is 13.2. The molecule has 2 aromatic rings. The molecule has 0 unspecified atom stereocenters. The van der Waals surface area contributed by atoms with Gasteiger partial charge < -0.3 is 0 Å². The van der Waals surface area contributed by atoms with Gasteiger partial charge in [-0.25, -0.2) is 8.42 Å². The standard InChI is InChI=1S/C14H15NO2S/c16-18(17,15-9-3-4-10-15)14-8-7-12-5-1-2-6-13(12)11-14/h1-2,5-8,11H,3-4,9-10H2. The van der Waals surface area contributed by atoms with Crippen molar-refractivity contribution in [1.29, 1.82) is 0 Å². The van der Waals surface area contributed by atoms with Crippen LogP contribution in [0.25, 0.3) is 10.8 Å². The average Bonchev–Trinajstić information content (AvgIpc) is 2.92. The smallest absolute Gasteiger partial charge is 0.207 e. The normalized spacial score (nSPS) is 17.3. The van der Waals surface area contributed by atoms with Crippen molar-refractivity contribution in [3.63, 3.8) is 0 Å². The number of fused-ring (bicyclic) bond motifs is 1. The van der Waals surface area contributed by atoms with E-state index in [-0.39, 0.29) is 0 Å². The zero-order valence-corrected chi connectivity index (χ0v) is 10.9. The Kier molecular flexibility index (Phi) is 2.84. The summed E-state index contributed by atoms with van der Waals surface area (Å²) >= 11 is 0. The summed E-state index contributed by atoms with van der Waals surface area (Å²) < 4.78 is 26.4. The highest BCUT2D eigenvalue weighted by Crippen LogP contribution is 2.24. The van der Waals surface area contributed by atoms with Crippen LogP contribution in [0, 0.1) is 0 Å². The average molecular weight is 261 g/mol. The zero-order chi connectivity index (χ0) is 12.6. The lowest BCUT2D eigenvalue weighted by atomic mass is 10.1. The van der Waals surface area contributed by atoms with Gasteiger partial charge in [-0.05, 0) is 35.7 Å². The molecule has 3 nitrogen and oxygen atoms in total. The summed E-state index contributed by atoms with van der Waals surface area (Å²) in [4.78, 5) is 0.406. The van der Waals surface area contributed by atoms with Gasteiger partial charge in [0.2, 0.25) is 10.0 Å². The van der Waals surface area contributed by atoms with E-state index in [2.05, 4.69) is 0 Å². The van der Waals surface area contributed by atoms with Gasteiger partial charge in [-0.3, -0.25) is 0 Å². The highest BCUT2D eigenvalue weighted by atomic mass is 32.2. The molecule has 0 radical (unpaired) electrons. The predicted molar refractivity (Wildman–Crippen MR) is 71.9 cm³/mol. The van der Waals surface area contributed by atoms with Crippen LogP contribution in [-0.4, -0.2) is 25.8 Å². The Hall–Kier alpha value is -1.39. The van der Waals surface area contributed by atoms with E-state index >= 15 is 0 Å². The van der Waals surface area contributed by atoms with Gasteiger partial charge in [-0.15, -0.1) is 0 Å². The first-order valence-electron chi connectivity index (χ1n) is 6.17. The van der Waals surface area contributed by atoms with Crippen LogP contribution in [0.2, 0.25) is 0 Å². The van der Waals surface area contributed by atoms with Gasteiger partial charge in [0.15, 0.2) is 0 Å². The first kappa shape index (κ1) is 11.7. The molecule has 3 rings (SSSR count). The molecular weight excluding hydrogens is 246 g/mol. The van der Waals surface area contributed by atoms with E-state index in [0.29, 0.717) is 18.0 Å². The molecule has 1 heterocycles. The Morgan fingerprint density at radius 1 is 0.889 bits per heavy atom. The molecule has 0 amide bonds. The van der Waals surface area contributed by atoms with Gasteiger partial charge in [-0.1, -0.05) is 30.3 Å². The second kappa shape index (κ2) is 4.37. The lowest BCUT2D eigenvalue weighted by molar-refractivity contribution is 0.477. The largest absolute Gasteiger partial charge is 0.243 e. The van der Waals surface area contributed by atoms with E-state index in [9.17, 15) is 8.42 Å². The van der Waals surface area contributed by atoms with Gasteiger partial charge in [0, 0.05) is 13.1 Å². The SMILES string of the molecule is O=S(=O)(c1ccc2ccccc2c1)N1CCCC1. The number of hydrogen-bond acceptors (Lipinski definition) is 2. The van der Waals surface area contributed by atoms with Crippen molar-refractivity contribution < 1.29 is 8.42 Å². The van der Waals surface area contributed by atoms with Crippen molar-refractivity contribution in [2.24, 2.45) is 0 Å². The third-order valence-corrected chi connectivity index (χ3v) is 5.32. The molecule has 1 fully saturated rings. The number of hydrogen-bond donors (Lipinski definition) is 0. The van der Waals surface area contributed by atoms with Crippen LogP contribution in [0.15, 0.2) is 47.4 Å². The maximum atomic E-state index is 12.4. The van der Waals surface area contributed by atoms with E-state index in [1.807, 2.05) is 30.3 Å². The van der Waals surface area contributed by atoms with Crippen LogP contribution in [0.5, 0.6) is 0 Å². The van der Waals surface area contributed by atoms with Crippen molar-refractivity contribution in [1.82, 2.24) is 4.31 Å². The second-order valence-corrected chi connectivity index (χ2v) is 6.56. The van der Waals surface area contributed by atoms with E-state index in [1.165, 1.54) is 0 Å². The minimum absolute atomic E-state index is 0.406. The Morgan fingerprint density at radius 2 is 1.56 bits per heavy atom. The van der Waals surface area contributed by atoms with Crippen molar-refractivity contribution in [3.8, 4) is 0 Å². The monoisotopic (exact) mass is 261 g/mol. The van der Waals surface area contributed by atoms with Crippen LogP contribution >= 0.6 is 0 Å². The van der Waals surface area contributed by atoms with Crippen LogP contribution in [0.1, 0.15) is 12.8 Å². The Balaban J connectivity index is 2.08. The molecule has 1 aliphatic heterocycles. The Labute approximate surface area is 107 Å². The molecule has 0 saturated carbocycles. The molecule has 0 atom stereocenters. The highest BCUT2D eigenvalue weighted by Gasteiger charge is 2.26. The van der Waals surface area contributed by atoms with E-state index in [1.54, 1.807) is 16.4 Å².